The molecule has 0 saturated carbocycles. The lowest BCUT2D eigenvalue weighted by atomic mass is 10.2. The van der Waals surface area contributed by atoms with Crippen LogP contribution in [0.2, 0.25) is 10.0 Å². The molecule has 9 heteroatoms. The van der Waals surface area contributed by atoms with E-state index in [2.05, 4.69) is 0 Å². The van der Waals surface area contributed by atoms with E-state index in [4.69, 9.17) is 27.9 Å². The molecule has 2 rings (SSSR count). The summed E-state index contributed by atoms with van der Waals surface area (Å²) in [7, 11) is 1.49. The van der Waals surface area contributed by atoms with Crippen molar-refractivity contribution >= 4 is 40.5 Å². The number of benzene rings is 1. The van der Waals surface area contributed by atoms with Crippen molar-refractivity contribution in [3.63, 3.8) is 0 Å². The van der Waals surface area contributed by atoms with Gasteiger partial charge >= 0.3 is 5.97 Å². The van der Waals surface area contributed by atoms with Gasteiger partial charge in [-0.05, 0) is 0 Å². The maximum absolute atomic E-state index is 11.4. The summed E-state index contributed by atoms with van der Waals surface area (Å²) in [5.74, 6) is -1.03. The van der Waals surface area contributed by atoms with Crippen LogP contribution in [0, 0.1) is 10.1 Å². The van der Waals surface area contributed by atoms with Crippen LogP contribution < -0.4 is 4.90 Å². The predicted molar refractivity (Wildman–Crippen MR) is 77.3 cm³/mol. The Labute approximate surface area is 130 Å². The summed E-state index contributed by atoms with van der Waals surface area (Å²) in [4.78, 5) is 23.0. The summed E-state index contributed by atoms with van der Waals surface area (Å²) >= 11 is 12.1. The van der Waals surface area contributed by atoms with E-state index < -0.39 is 16.9 Å². The molecule has 1 heterocycles. The molecule has 2 atom stereocenters. The molecule has 0 radical (unpaired) electrons. The van der Waals surface area contributed by atoms with Crippen molar-refractivity contribution in [2.45, 2.75) is 18.6 Å². The summed E-state index contributed by atoms with van der Waals surface area (Å²) in [6.45, 7) is 0.296. The molecule has 0 aromatic heterocycles. The fourth-order valence-corrected chi connectivity index (χ4v) is 3.07. The minimum atomic E-state index is -1.03. The smallest absolute Gasteiger partial charge is 0.326 e. The highest BCUT2D eigenvalue weighted by molar-refractivity contribution is 6.39. The number of nitrogens with zero attached hydrogens (tertiary/aromatic N) is 2. The Kier molecular flexibility index (Phi) is 4.55. The van der Waals surface area contributed by atoms with Crippen LogP contribution >= 0.6 is 23.2 Å². The number of nitro benzene ring substituents is 1. The van der Waals surface area contributed by atoms with Crippen molar-refractivity contribution in [3.05, 3.63) is 32.3 Å². The lowest BCUT2D eigenvalue weighted by Crippen LogP contribution is -2.36. The highest BCUT2D eigenvalue weighted by Gasteiger charge is 2.39. The Morgan fingerprint density at radius 1 is 1.48 bits per heavy atom. The minimum absolute atomic E-state index is 0.0391. The molecule has 1 N–H and O–H groups in total. The average molecular weight is 335 g/mol. The number of hydrogen-bond acceptors (Lipinski definition) is 5. The number of aliphatic carboxylic acids is 1. The first-order chi connectivity index (χ1) is 9.85. The number of carbonyl (C=O) groups is 1. The Morgan fingerprint density at radius 2 is 2.05 bits per heavy atom. The SMILES string of the molecule is COC1CC(C(=O)O)N(c2c(Cl)cc([N+](=O)[O-])cc2Cl)C1. The van der Waals surface area contributed by atoms with Crippen LogP contribution in [0.1, 0.15) is 6.42 Å². The zero-order valence-electron chi connectivity index (χ0n) is 11.0. The number of non-ortho nitro benzene ring substituents is 1. The number of ether oxygens (including phenoxy) is 1. The normalized spacial score (nSPS) is 21.6. The van der Waals surface area contributed by atoms with Gasteiger partial charge in [0.1, 0.15) is 6.04 Å². The molecule has 1 aromatic rings. The number of nitro groups is 1. The first-order valence-electron chi connectivity index (χ1n) is 6.00. The van der Waals surface area contributed by atoms with Crippen molar-refractivity contribution in [1.29, 1.82) is 0 Å². The van der Waals surface area contributed by atoms with Gasteiger partial charge in [-0.2, -0.15) is 0 Å². The summed E-state index contributed by atoms with van der Waals surface area (Å²) in [5, 5.41) is 20.1. The van der Waals surface area contributed by atoms with Crippen molar-refractivity contribution in [2.75, 3.05) is 18.6 Å². The van der Waals surface area contributed by atoms with E-state index in [-0.39, 0.29) is 33.9 Å². The number of hydrogen-bond donors (Lipinski definition) is 1. The van der Waals surface area contributed by atoms with E-state index in [1.807, 2.05) is 0 Å². The van der Waals surface area contributed by atoms with Crippen LogP contribution in [-0.2, 0) is 9.53 Å². The van der Waals surface area contributed by atoms with E-state index in [9.17, 15) is 20.0 Å². The Hall–Kier alpha value is -1.57. The number of rotatable bonds is 4. The molecule has 21 heavy (non-hydrogen) atoms. The molecule has 0 bridgehead atoms. The third-order valence-electron chi connectivity index (χ3n) is 3.38. The van der Waals surface area contributed by atoms with Gasteiger partial charge < -0.3 is 14.7 Å². The van der Waals surface area contributed by atoms with E-state index >= 15 is 0 Å². The monoisotopic (exact) mass is 334 g/mol. The second-order valence-electron chi connectivity index (χ2n) is 4.61. The van der Waals surface area contributed by atoms with Gasteiger partial charge in [-0.25, -0.2) is 4.79 Å². The van der Waals surface area contributed by atoms with Gasteiger partial charge in [0.05, 0.1) is 26.8 Å². The quantitative estimate of drug-likeness (QED) is 0.671. The summed E-state index contributed by atoms with van der Waals surface area (Å²) in [5.41, 5.74) is 0.0268. The van der Waals surface area contributed by atoms with Gasteiger partial charge in [-0.3, -0.25) is 10.1 Å². The fraction of sp³-hybridized carbons (Fsp3) is 0.417. The highest BCUT2D eigenvalue weighted by Crippen LogP contribution is 2.40. The summed E-state index contributed by atoms with van der Waals surface area (Å²) < 4.78 is 5.19. The van der Waals surface area contributed by atoms with Crippen LogP contribution in [0.3, 0.4) is 0 Å². The van der Waals surface area contributed by atoms with Crippen LogP contribution in [0.4, 0.5) is 11.4 Å². The largest absolute Gasteiger partial charge is 0.480 e. The average Bonchev–Trinajstić information content (AvgIpc) is 2.82. The van der Waals surface area contributed by atoms with Crippen LogP contribution in [0.5, 0.6) is 0 Å². The Morgan fingerprint density at radius 3 is 2.48 bits per heavy atom. The molecule has 1 aliphatic rings. The van der Waals surface area contributed by atoms with Crippen molar-refractivity contribution < 1.29 is 19.6 Å². The maximum atomic E-state index is 11.4. The van der Waals surface area contributed by atoms with Gasteiger partial charge in [-0.1, -0.05) is 23.2 Å². The van der Waals surface area contributed by atoms with Crippen LogP contribution in [-0.4, -0.2) is 41.8 Å². The molecule has 2 unspecified atom stereocenters. The number of anilines is 1. The molecule has 0 spiro atoms. The third kappa shape index (κ3) is 3.04. The van der Waals surface area contributed by atoms with E-state index in [0.717, 1.165) is 12.1 Å². The standard InChI is InChI=1S/C12H12Cl2N2O5/c1-21-7-4-10(12(17)18)15(5-7)11-8(13)2-6(16(19)20)3-9(11)14/h2-3,7,10H,4-5H2,1H3,(H,17,18). The number of carboxylic acid groups (broad SMARTS) is 1. The lowest BCUT2D eigenvalue weighted by Gasteiger charge is -2.25. The van der Waals surface area contributed by atoms with Gasteiger partial charge in [0, 0.05) is 32.2 Å². The summed E-state index contributed by atoms with van der Waals surface area (Å²) in [6.07, 6.45) is 0.0172. The lowest BCUT2D eigenvalue weighted by molar-refractivity contribution is -0.384. The molecular formula is C12H12Cl2N2O5. The molecule has 114 valence electrons. The number of halogens is 2. The van der Waals surface area contributed by atoms with E-state index in [1.165, 1.54) is 12.0 Å². The van der Waals surface area contributed by atoms with Gasteiger partial charge in [-0.15, -0.1) is 0 Å². The van der Waals surface area contributed by atoms with Crippen LogP contribution in [0.15, 0.2) is 12.1 Å². The molecule has 1 aliphatic heterocycles. The zero-order chi connectivity index (χ0) is 15.7. The van der Waals surface area contributed by atoms with Crippen molar-refractivity contribution in [1.82, 2.24) is 0 Å². The Balaban J connectivity index is 2.45. The van der Waals surface area contributed by atoms with E-state index in [0.29, 0.717) is 6.54 Å². The highest BCUT2D eigenvalue weighted by atomic mass is 35.5. The number of carboxylic acids is 1. The summed E-state index contributed by atoms with van der Waals surface area (Å²) in [6, 6.07) is 1.47. The van der Waals surface area contributed by atoms with Gasteiger partial charge in [0.15, 0.2) is 0 Å². The molecule has 0 amide bonds. The van der Waals surface area contributed by atoms with Crippen molar-refractivity contribution in [3.8, 4) is 0 Å². The molecule has 0 aliphatic carbocycles. The zero-order valence-corrected chi connectivity index (χ0v) is 12.5. The topological polar surface area (TPSA) is 92.9 Å². The van der Waals surface area contributed by atoms with E-state index in [1.54, 1.807) is 0 Å². The van der Waals surface area contributed by atoms with Gasteiger partial charge in [0.2, 0.25) is 0 Å². The molecular weight excluding hydrogens is 323 g/mol. The second kappa shape index (κ2) is 6.05. The molecule has 7 nitrogen and oxygen atoms in total. The van der Waals surface area contributed by atoms with Gasteiger partial charge in [0.25, 0.3) is 5.69 Å². The van der Waals surface area contributed by atoms with Crippen LogP contribution in [0.25, 0.3) is 0 Å². The first kappa shape index (κ1) is 15.8. The minimum Gasteiger partial charge on any atom is -0.480 e. The third-order valence-corrected chi connectivity index (χ3v) is 3.96. The maximum Gasteiger partial charge on any atom is 0.326 e. The number of methoxy groups -OCH3 is 1. The molecule has 1 aromatic carbocycles. The van der Waals surface area contributed by atoms with Crippen molar-refractivity contribution in [2.24, 2.45) is 0 Å². The molecule has 1 saturated heterocycles. The molecule has 1 fully saturated rings. The Bertz CT molecular complexity index is 572. The second-order valence-corrected chi connectivity index (χ2v) is 5.43. The first-order valence-corrected chi connectivity index (χ1v) is 6.76. The fourth-order valence-electron chi connectivity index (χ4n) is 2.38. The predicted octanol–water partition coefficient (Wildman–Crippen LogP) is 2.58.